The smallest absolute Gasteiger partial charge is 0.406 e. The number of fused-ring (bicyclic) bond motifs is 1. The Morgan fingerprint density at radius 3 is 2.76 bits per heavy atom. The van der Waals surface area contributed by atoms with Gasteiger partial charge >= 0.3 is 19.4 Å². The first-order valence-corrected chi connectivity index (χ1v) is 10.9. The molecule has 1 aromatic heterocycles. The second-order valence-electron chi connectivity index (χ2n) is 7.35. The molecular formula is C16H23ClN3O8P. The normalized spacial score (nSPS) is 35.3. The topological polar surface area (TPSA) is 138 Å². The number of esters is 1. The number of rotatable bonds is 5. The standard InChI is InChI=1S/C16H23ClN3O8P/c1-8(2)26-13(22)9(3)19-29(24)25-7-10-12(28-29)16(4,17)14(27-10)20-6-5-11(21)18-15(20)23/h5-6,8-10,12,14H,7H2,1-4H3,(H,19,24)(H,18,21,23)/t9-,10-,12-,14-,16-,29-/m1/s1. The maximum atomic E-state index is 13.0. The summed E-state index contributed by atoms with van der Waals surface area (Å²) < 4.78 is 36.0. The number of carbonyl (C=O) groups is 1. The number of nitrogens with zero attached hydrogens (tertiary/aromatic N) is 1. The number of hydrogen-bond donors (Lipinski definition) is 2. The number of ether oxygens (including phenoxy) is 2. The highest BCUT2D eigenvalue weighted by molar-refractivity contribution is 7.51. The molecule has 0 amide bonds. The predicted molar refractivity (Wildman–Crippen MR) is 102 cm³/mol. The van der Waals surface area contributed by atoms with Gasteiger partial charge in [-0.3, -0.25) is 28.2 Å². The van der Waals surface area contributed by atoms with E-state index in [0.29, 0.717) is 0 Å². The third-order valence-electron chi connectivity index (χ3n) is 4.50. The molecule has 11 nitrogen and oxygen atoms in total. The molecule has 0 aliphatic carbocycles. The fraction of sp³-hybridized carbons (Fsp3) is 0.688. The summed E-state index contributed by atoms with van der Waals surface area (Å²) in [7, 11) is -3.92. The monoisotopic (exact) mass is 451 g/mol. The molecule has 162 valence electrons. The number of halogens is 1. The minimum Gasteiger partial charge on any atom is -0.462 e. The highest BCUT2D eigenvalue weighted by atomic mass is 35.5. The summed E-state index contributed by atoms with van der Waals surface area (Å²) in [4.78, 5) is 36.2. The van der Waals surface area contributed by atoms with E-state index < -0.39 is 54.3 Å². The van der Waals surface area contributed by atoms with Gasteiger partial charge in [0.25, 0.3) is 5.56 Å². The Balaban J connectivity index is 1.79. The molecule has 13 heteroatoms. The SMILES string of the molecule is CC(C)OC(=O)[C@@H](C)N[P@@]1(=O)OC[C@H]2O[C@@H](n3ccc(=O)[nH]c3=O)[C@](C)(Cl)[C@@H]2O1. The number of nitrogens with one attached hydrogen (secondary N) is 2. The Kier molecular flexibility index (Phi) is 6.11. The lowest BCUT2D eigenvalue weighted by Gasteiger charge is -2.36. The molecule has 2 saturated heterocycles. The van der Waals surface area contributed by atoms with Gasteiger partial charge in [-0.05, 0) is 27.7 Å². The highest BCUT2D eigenvalue weighted by Crippen LogP contribution is 2.57. The van der Waals surface area contributed by atoms with Gasteiger partial charge in [0.15, 0.2) is 6.23 Å². The van der Waals surface area contributed by atoms with Crippen LogP contribution in [0.1, 0.15) is 33.9 Å². The van der Waals surface area contributed by atoms with Crippen LogP contribution in [0.4, 0.5) is 0 Å². The zero-order valence-electron chi connectivity index (χ0n) is 16.3. The van der Waals surface area contributed by atoms with Crippen molar-refractivity contribution in [3.63, 3.8) is 0 Å². The van der Waals surface area contributed by atoms with Gasteiger partial charge < -0.3 is 9.47 Å². The van der Waals surface area contributed by atoms with E-state index in [1.165, 1.54) is 13.1 Å². The van der Waals surface area contributed by atoms with Crippen molar-refractivity contribution in [3.05, 3.63) is 33.1 Å². The van der Waals surface area contributed by atoms with Crippen LogP contribution in [0.15, 0.2) is 21.9 Å². The largest absolute Gasteiger partial charge is 0.462 e. The van der Waals surface area contributed by atoms with E-state index in [2.05, 4.69) is 10.1 Å². The summed E-state index contributed by atoms with van der Waals surface area (Å²) in [5, 5.41) is 2.53. The second kappa shape index (κ2) is 7.98. The maximum absolute atomic E-state index is 13.0. The number of aromatic nitrogens is 2. The first kappa shape index (κ1) is 22.2. The lowest BCUT2D eigenvalue weighted by molar-refractivity contribution is -0.149. The Hall–Kier alpha value is -1.49. The molecule has 0 unspecified atom stereocenters. The van der Waals surface area contributed by atoms with Crippen molar-refractivity contribution in [3.8, 4) is 0 Å². The van der Waals surface area contributed by atoms with Crippen molar-refractivity contribution in [2.24, 2.45) is 0 Å². The van der Waals surface area contributed by atoms with Gasteiger partial charge in [0.2, 0.25) is 0 Å². The minimum atomic E-state index is -3.92. The second-order valence-corrected chi connectivity index (χ2v) is 9.89. The third kappa shape index (κ3) is 4.50. The molecule has 2 N–H and O–H groups in total. The van der Waals surface area contributed by atoms with Crippen molar-refractivity contribution < 1.29 is 27.9 Å². The van der Waals surface area contributed by atoms with E-state index in [1.54, 1.807) is 20.8 Å². The summed E-state index contributed by atoms with van der Waals surface area (Å²) in [6.07, 6.45) is -1.73. The summed E-state index contributed by atoms with van der Waals surface area (Å²) in [5.41, 5.74) is -1.27. The molecule has 2 aliphatic heterocycles. The van der Waals surface area contributed by atoms with Crippen LogP contribution in [-0.2, 0) is 27.9 Å². The van der Waals surface area contributed by atoms with Gasteiger partial charge in [0, 0.05) is 12.3 Å². The van der Waals surface area contributed by atoms with Crippen molar-refractivity contribution in [2.45, 2.75) is 63.2 Å². The fourth-order valence-corrected chi connectivity index (χ4v) is 5.34. The van der Waals surface area contributed by atoms with E-state index in [-0.39, 0.29) is 12.7 Å². The number of aromatic amines is 1. The van der Waals surface area contributed by atoms with Gasteiger partial charge in [-0.25, -0.2) is 14.4 Å². The molecule has 0 bridgehead atoms. The van der Waals surface area contributed by atoms with Crippen molar-refractivity contribution in [2.75, 3.05) is 6.61 Å². The molecule has 1 aromatic rings. The third-order valence-corrected chi connectivity index (χ3v) is 6.60. The van der Waals surface area contributed by atoms with Crippen molar-refractivity contribution in [1.82, 2.24) is 14.6 Å². The quantitative estimate of drug-likeness (QED) is 0.379. The zero-order chi connectivity index (χ0) is 21.6. The molecule has 2 fully saturated rings. The highest BCUT2D eigenvalue weighted by Gasteiger charge is 2.60. The Morgan fingerprint density at radius 1 is 1.45 bits per heavy atom. The lowest BCUT2D eigenvalue weighted by atomic mass is 10.0. The zero-order valence-corrected chi connectivity index (χ0v) is 17.9. The van der Waals surface area contributed by atoms with Gasteiger partial charge in [-0.1, -0.05) is 0 Å². The molecule has 2 aliphatic rings. The van der Waals surface area contributed by atoms with E-state index in [9.17, 15) is 18.9 Å². The molecule has 0 saturated carbocycles. The van der Waals surface area contributed by atoms with Crippen molar-refractivity contribution in [1.29, 1.82) is 0 Å². The first-order chi connectivity index (χ1) is 13.4. The molecule has 6 atom stereocenters. The van der Waals surface area contributed by atoms with Gasteiger partial charge in [-0.15, -0.1) is 11.6 Å². The summed E-state index contributed by atoms with van der Waals surface area (Å²) in [6, 6.07) is 0.201. The van der Waals surface area contributed by atoms with Gasteiger partial charge in [-0.2, -0.15) is 0 Å². The Bertz CT molecular complexity index is 945. The van der Waals surface area contributed by atoms with Crippen LogP contribution in [0.25, 0.3) is 0 Å². The average molecular weight is 452 g/mol. The van der Waals surface area contributed by atoms with Crippen LogP contribution in [0.2, 0.25) is 0 Å². The van der Waals surface area contributed by atoms with E-state index in [4.69, 9.17) is 30.1 Å². The van der Waals surface area contributed by atoms with Crippen LogP contribution >= 0.6 is 19.3 Å². The average Bonchev–Trinajstić information content (AvgIpc) is 2.85. The van der Waals surface area contributed by atoms with Crippen LogP contribution in [-0.4, -0.2) is 51.4 Å². The number of H-pyrrole nitrogens is 1. The fourth-order valence-electron chi connectivity index (χ4n) is 3.16. The van der Waals surface area contributed by atoms with Gasteiger partial charge in [0.1, 0.15) is 23.1 Å². The Morgan fingerprint density at radius 2 is 2.14 bits per heavy atom. The molecule has 0 aromatic carbocycles. The van der Waals surface area contributed by atoms with E-state index in [0.717, 1.165) is 10.6 Å². The van der Waals surface area contributed by atoms with Crippen LogP contribution in [0.3, 0.4) is 0 Å². The van der Waals surface area contributed by atoms with E-state index >= 15 is 0 Å². The van der Waals surface area contributed by atoms with Gasteiger partial charge in [0.05, 0.1) is 12.7 Å². The molecule has 0 spiro atoms. The molecule has 3 rings (SSSR count). The van der Waals surface area contributed by atoms with Crippen molar-refractivity contribution >= 4 is 25.3 Å². The summed E-state index contributed by atoms with van der Waals surface area (Å²) in [5.74, 6) is -0.612. The summed E-state index contributed by atoms with van der Waals surface area (Å²) >= 11 is 6.65. The lowest BCUT2D eigenvalue weighted by Crippen LogP contribution is -2.47. The Labute approximate surface area is 171 Å². The summed E-state index contributed by atoms with van der Waals surface area (Å²) in [6.45, 7) is 6.28. The van der Waals surface area contributed by atoms with E-state index in [1.807, 2.05) is 0 Å². The van der Waals surface area contributed by atoms with Crippen LogP contribution in [0.5, 0.6) is 0 Å². The molecule has 3 heterocycles. The van der Waals surface area contributed by atoms with Crippen LogP contribution in [0, 0.1) is 0 Å². The number of hydrogen-bond acceptors (Lipinski definition) is 8. The minimum absolute atomic E-state index is 0.141. The molecular weight excluding hydrogens is 429 g/mol. The first-order valence-electron chi connectivity index (χ1n) is 9.00. The molecule has 0 radical (unpaired) electrons. The molecule has 29 heavy (non-hydrogen) atoms. The predicted octanol–water partition coefficient (Wildman–Crippen LogP) is 0.885. The maximum Gasteiger partial charge on any atom is 0.406 e. The van der Waals surface area contributed by atoms with Crippen LogP contribution < -0.4 is 16.3 Å². The number of alkyl halides is 1. The number of carbonyl (C=O) groups excluding carboxylic acids is 1.